The molecule has 1 aliphatic heterocycles. The molecule has 0 saturated carbocycles. The van der Waals surface area contributed by atoms with Crippen LogP contribution in [-0.2, 0) is 5.41 Å². The monoisotopic (exact) mass is 235 g/mol. The van der Waals surface area contributed by atoms with E-state index in [0.29, 0.717) is 6.10 Å². The summed E-state index contributed by atoms with van der Waals surface area (Å²) in [4.78, 5) is 8.73. The summed E-state index contributed by atoms with van der Waals surface area (Å²) in [5.41, 5.74) is -0.00666. The highest BCUT2D eigenvalue weighted by molar-refractivity contribution is 5.15. The maximum atomic E-state index is 5.86. The molecule has 0 amide bonds. The van der Waals surface area contributed by atoms with Crippen LogP contribution in [0.25, 0.3) is 0 Å². The molecule has 0 unspecified atom stereocenters. The first kappa shape index (κ1) is 12.3. The third-order valence-corrected chi connectivity index (χ3v) is 2.89. The minimum atomic E-state index is -0.00666. The minimum Gasteiger partial charge on any atom is -0.487 e. The van der Waals surface area contributed by atoms with E-state index >= 15 is 0 Å². The molecule has 0 aromatic carbocycles. The number of nitrogens with one attached hydrogen (secondary N) is 1. The molecule has 0 atom stereocenters. The van der Waals surface area contributed by atoms with Gasteiger partial charge in [-0.1, -0.05) is 20.8 Å². The van der Waals surface area contributed by atoms with Crippen LogP contribution < -0.4 is 10.1 Å². The van der Waals surface area contributed by atoms with E-state index in [4.69, 9.17) is 4.74 Å². The number of hydrogen-bond donors (Lipinski definition) is 1. The van der Waals surface area contributed by atoms with Crippen molar-refractivity contribution in [1.82, 2.24) is 15.3 Å². The van der Waals surface area contributed by atoms with Crippen LogP contribution in [0.5, 0.6) is 5.75 Å². The van der Waals surface area contributed by atoms with Crippen LogP contribution in [-0.4, -0.2) is 29.2 Å². The number of ether oxygens (including phenoxy) is 1. The molecular formula is C13H21N3O. The summed E-state index contributed by atoms with van der Waals surface area (Å²) in [5, 5.41) is 3.32. The molecule has 1 aliphatic rings. The third kappa shape index (κ3) is 3.40. The molecule has 17 heavy (non-hydrogen) atoms. The topological polar surface area (TPSA) is 47.0 Å². The van der Waals surface area contributed by atoms with E-state index in [1.165, 1.54) is 0 Å². The lowest BCUT2D eigenvalue weighted by molar-refractivity contribution is 0.161. The van der Waals surface area contributed by atoms with Crippen molar-refractivity contribution in [3.8, 4) is 5.75 Å². The van der Waals surface area contributed by atoms with Gasteiger partial charge >= 0.3 is 0 Å². The van der Waals surface area contributed by atoms with Gasteiger partial charge in [0.05, 0.1) is 12.4 Å². The quantitative estimate of drug-likeness (QED) is 0.850. The first-order valence-electron chi connectivity index (χ1n) is 6.25. The van der Waals surface area contributed by atoms with Crippen LogP contribution in [0, 0.1) is 0 Å². The lowest BCUT2D eigenvalue weighted by Gasteiger charge is -2.24. The Balaban J connectivity index is 1.98. The van der Waals surface area contributed by atoms with E-state index in [0.717, 1.165) is 37.5 Å². The fourth-order valence-corrected chi connectivity index (χ4v) is 1.87. The first-order valence-corrected chi connectivity index (χ1v) is 6.25. The molecule has 0 bridgehead atoms. The fourth-order valence-electron chi connectivity index (χ4n) is 1.87. The Morgan fingerprint density at radius 1 is 1.18 bits per heavy atom. The Morgan fingerprint density at radius 2 is 1.76 bits per heavy atom. The van der Waals surface area contributed by atoms with E-state index in [1.54, 1.807) is 12.4 Å². The van der Waals surface area contributed by atoms with Crippen molar-refractivity contribution in [2.45, 2.75) is 45.1 Å². The van der Waals surface area contributed by atoms with Gasteiger partial charge in [-0.3, -0.25) is 0 Å². The summed E-state index contributed by atoms with van der Waals surface area (Å²) in [5.74, 6) is 1.64. The van der Waals surface area contributed by atoms with Gasteiger partial charge in [0, 0.05) is 5.41 Å². The number of aromatic nitrogens is 2. The first-order chi connectivity index (χ1) is 8.05. The summed E-state index contributed by atoms with van der Waals surface area (Å²) in [6, 6.07) is 0. The molecule has 2 rings (SSSR count). The SMILES string of the molecule is CC(C)(C)c1ncc(OC2CCNCC2)cn1. The zero-order valence-electron chi connectivity index (χ0n) is 10.9. The van der Waals surface area contributed by atoms with Gasteiger partial charge in [0.25, 0.3) is 0 Å². The van der Waals surface area contributed by atoms with Gasteiger partial charge in [-0.05, 0) is 25.9 Å². The van der Waals surface area contributed by atoms with Gasteiger partial charge in [-0.25, -0.2) is 9.97 Å². The Kier molecular flexibility index (Phi) is 3.62. The average molecular weight is 235 g/mol. The highest BCUT2D eigenvalue weighted by Crippen LogP contribution is 2.20. The smallest absolute Gasteiger partial charge is 0.156 e. The van der Waals surface area contributed by atoms with Crippen LogP contribution in [0.2, 0.25) is 0 Å². The average Bonchev–Trinajstić information content (AvgIpc) is 2.30. The van der Waals surface area contributed by atoms with Crippen LogP contribution in [0.4, 0.5) is 0 Å². The minimum absolute atomic E-state index is 0.00666. The molecule has 0 radical (unpaired) electrons. The van der Waals surface area contributed by atoms with Gasteiger partial charge in [0.15, 0.2) is 5.75 Å². The normalized spacial score (nSPS) is 18.1. The predicted octanol–water partition coefficient (Wildman–Crippen LogP) is 1.90. The van der Waals surface area contributed by atoms with Crippen molar-refractivity contribution in [2.75, 3.05) is 13.1 Å². The second-order valence-electron chi connectivity index (χ2n) is 5.56. The summed E-state index contributed by atoms with van der Waals surface area (Å²) < 4.78 is 5.86. The van der Waals surface area contributed by atoms with Gasteiger partial charge in [0.2, 0.25) is 0 Å². The standard InChI is InChI=1S/C13H21N3O/c1-13(2,3)12-15-8-11(9-16-12)17-10-4-6-14-7-5-10/h8-10,14H,4-7H2,1-3H3. The van der Waals surface area contributed by atoms with Gasteiger partial charge < -0.3 is 10.1 Å². The van der Waals surface area contributed by atoms with Gasteiger partial charge in [0.1, 0.15) is 11.9 Å². The Labute approximate surface area is 103 Å². The van der Waals surface area contributed by atoms with E-state index in [1.807, 2.05) is 0 Å². The second-order valence-corrected chi connectivity index (χ2v) is 5.56. The van der Waals surface area contributed by atoms with E-state index in [2.05, 4.69) is 36.1 Å². The molecule has 2 heterocycles. The van der Waals surface area contributed by atoms with Crippen molar-refractivity contribution in [3.05, 3.63) is 18.2 Å². The van der Waals surface area contributed by atoms with Crippen molar-refractivity contribution >= 4 is 0 Å². The number of hydrogen-bond acceptors (Lipinski definition) is 4. The highest BCUT2D eigenvalue weighted by Gasteiger charge is 2.18. The Bertz CT molecular complexity index is 350. The number of nitrogens with zero attached hydrogens (tertiary/aromatic N) is 2. The van der Waals surface area contributed by atoms with Crippen molar-refractivity contribution in [1.29, 1.82) is 0 Å². The molecule has 4 heteroatoms. The highest BCUT2D eigenvalue weighted by atomic mass is 16.5. The lowest BCUT2D eigenvalue weighted by Crippen LogP contribution is -2.34. The van der Waals surface area contributed by atoms with Crippen molar-refractivity contribution in [3.63, 3.8) is 0 Å². The van der Waals surface area contributed by atoms with Crippen LogP contribution in [0.1, 0.15) is 39.4 Å². The largest absolute Gasteiger partial charge is 0.487 e. The zero-order valence-corrected chi connectivity index (χ0v) is 10.9. The molecule has 4 nitrogen and oxygen atoms in total. The number of piperidine rings is 1. The molecular weight excluding hydrogens is 214 g/mol. The van der Waals surface area contributed by atoms with Crippen LogP contribution >= 0.6 is 0 Å². The molecule has 1 aromatic heterocycles. The second kappa shape index (κ2) is 5.00. The maximum Gasteiger partial charge on any atom is 0.156 e. The molecule has 94 valence electrons. The van der Waals surface area contributed by atoms with Crippen LogP contribution in [0.3, 0.4) is 0 Å². The van der Waals surface area contributed by atoms with Crippen LogP contribution in [0.15, 0.2) is 12.4 Å². The zero-order chi connectivity index (χ0) is 12.3. The summed E-state index contributed by atoms with van der Waals surface area (Å²) in [6.45, 7) is 8.39. The fraction of sp³-hybridized carbons (Fsp3) is 0.692. The van der Waals surface area contributed by atoms with E-state index < -0.39 is 0 Å². The van der Waals surface area contributed by atoms with Gasteiger partial charge in [-0.2, -0.15) is 0 Å². The maximum absolute atomic E-state index is 5.86. The number of rotatable bonds is 2. The van der Waals surface area contributed by atoms with Gasteiger partial charge in [-0.15, -0.1) is 0 Å². The van der Waals surface area contributed by atoms with E-state index in [9.17, 15) is 0 Å². The Morgan fingerprint density at radius 3 is 2.29 bits per heavy atom. The molecule has 1 N–H and O–H groups in total. The van der Waals surface area contributed by atoms with Crippen molar-refractivity contribution < 1.29 is 4.74 Å². The molecule has 1 fully saturated rings. The third-order valence-electron chi connectivity index (χ3n) is 2.89. The van der Waals surface area contributed by atoms with Crippen molar-refractivity contribution in [2.24, 2.45) is 0 Å². The summed E-state index contributed by atoms with van der Waals surface area (Å²) >= 11 is 0. The molecule has 0 spiro atoms. The lowest BCUT2D eigenvalue weighted by atomic mass is 9.96. The predicted molar refractivity (Wildman–Crippen MR) is 67.3 cm³/mol. The summed E-state index contributed by atoms with van der Waals surface area (Å²) in [6.07, 6.45) is 5.99. The summed E-state index contributed by atoms with van der Waals surface area (Å²) in [7, 11) is 0. The Hall–Kier alpha value is -1.16. The molecule has 1 aromatic rings. The van der Waals surface area contributed by atoms with E-state index in [-0.39, 0.29) is 5.41 Å². The molecule has 1 saturated heterocycles. The molecule has 0 aliphatic carbocycles.